The van der Waals surface area contributed by atoms with Crippen LogP contribution in [-0.4, -0.2) is 51.4 Å². The molecule has 1 aliphatic carbocycles. The number of rotatable bonds is 15. The third-order valence-corrected chi connectivity index (χ3v) is 6.38. The average Bonchev–Trinajstić information content (AvgIpc) is 2.79. The van der Waals surface area contributed by atoms with Crippen LogP contribution in [0, 0.1) is 5.92 Å². The zero-order valence-corrected chi connectivity index (χ0v) is 19.6. The van der Waals surface area contributed by atoms with Crippen LogP contribution in [0.25, 0.3) is 0 Å². The van der Waals surface area contributed by atoms with E-state index in [2.05, 4.69) is 18.8 Å². The van der Waals surface area contributed by atoms with E-state index >= 15 is 0 Å². The molecule has 0 spiro atoms. The summed E-state index contributed by atoms with van der Waals surface area (Å²) in [6.07, 6.45) is 8.58. The molecule has 0 heterocycles. The lowest BCUT2D eigenvalue weighted by molar-refractivity contribution is -0.156. The lowest BCUT2D eigenvalue weighted by Crippen LogP contribution is -2.56. The van der Waals surface area contributed by atoms with Gasteiger partial charge in [0, 0.05) is 23.9 Å². The first-order valence-corrected chi connectivity index (χ1v) is 12.3. The molecular formula is C26H43NO5. The Kier molecular flexibility index (Phi) is 12.1. The lowest BCUT2D eigenvalue weighted by Gasteiger charge is -2.39. The van der Waals surface area contributed by atoms with Gasteiger partial charge in [-0.25, -0.2) is 0 Å². The number of aliphatic hydroxyl groups is 4. The topological polar surface area (TPSA) is 102 Å². The molecule has 0 radical (unpaired) electrons. The van der Waals surface area contributed by atoms with Gasteiger partial charge in [-0.3, -0.25) is 0 Å². The Bertz CT molecular complexity index is 648. The zero-order valence-electron chi connectivity index (χ0n) is 19.6. The van der Waals surface area contributed by atoms with Gasteiger partial charge in [0.1, 0.15) is 24.1 Å². The van der Waals surface area contributed by atoms with Crippen molar-refractivity contribution in [2.24, 2.45) is 5.92 Å². The molecule has 0 aliphatic heterocycles. The van der Waals surface area contributed by atoms with E-state index in [9.17, 15) is 20.4 Å². The molecule has 2 rings (SSSR count). The number of hydrogen-bond acceptors (Lipinski definition) is 6. The number of ether oxygens (including phenoxy) is 1. The Morgan fingerprint density at radius 2 is 1.50 bits per heavy atom. The maximum absolute atomic E-state index is 10.2. The standard InChI is InChI=1S/C26H43NO5/c1-3-4-5-6-7-8-9-10-11-12-19(2)27-21-13-15-22(16-14-21)32-23-17-20(18-28)24(29)26(31)25(23)30/h13-16,20,23-31H,2-12,17-18H2,1H3/t20?,23-,24-,25?,26+/m1/s1. The molecule has 1 fully saturated rings. The van der Waals surface area contributed by atoms with E-state index in [1.807, 2.05) is 12.1 Å². The van der Waals surface area contributed by atoms with Crippen LogP contribution in [0.1, 0.15) is 77.6 Å². The highest BCUT2D eigenvalue weighted by molar-refractivity contribution is 5.50. The van der Waals surface area contributed by atoms with Gasteiger partial charge in [0.25, 0.3) is 0 Å². The Morgan fingerprint density at radius 3 is 2.09 bits per heavy atom. The van der Waals surface area contributed by atoms with Crippen LogP contribution in [0.2, 0.25) is 0 Å². The van der Waals surface area contributed by atoms with Crippen LogP contribution >= 0.6 is 0 Å². The fraction of sp³-hybridized carbons (Fsp3) is 0.692. The summed E-state index contributed by atoms with van der Waals surface area (Å²) in [6, 6.07) is 7.38. The molecule has 5 N–H and O–H groups in total. The van der Waals surface area contributed by atoms with E-state index in [4.69, 9.17) is 4.74 Å². The summed E-state index contributed by atoms with van der Waals surface area (Å²) >= 11 is 0. The predicted octanol–water partition coefficient (Wildman–Crippen LogP) is 4.38. The minimum atomic E-state index is -1.34. The van der Waals surface area contributed by atoms with Crippen LogP contribution < -0.4 is 10.1 Å². The van der Waals surface area contributed by atoms with Gasteiger partial charge in [0.05, 0.1) is 6.10 Å². The Balaban J connectivity index is 1.67. The van der Waals surface area contributed by atoms with Crippen LogP contribution in [-0.2, 0) is 0 Å². The number of anilines is 1. The second-order valence-corrected chi connectivity index (χ2v) is 9.14. The van der Waals surface area contributed by atoms with Crippen molar-refractivity contribution >= 4 is 5.69 Å². The molecule has 32 heavy (non-hydrogen) atoms. The molecule has 1 aliphatic rings. The molecule has 1 saturated carbocycles. The van der Waals surface area contributed by atoms with Crippen molar-refractivity contribution < 1.29 is 25.2 Å². The van der Waals surface area contributed by atoms with Crippen molar-refractivity contribution in [3.8, 4) is 5.75 Å². The Morgan fingerprint density at radius 1 is 0.906 bits per heavy atom. The van der Waals surface area contributed by atoms with E-state index in [0.717, 1.165) is 24.2 Å². The molecule has 0 saturated heterocycles. The summed E-state index contributed by atoms with van der Waals surface area (Å²) in [5, 5.41) is 42.8. The van der Waals surface area contributed by atoms with Crippen LogP contribution in [0.5, 0.6) is 5.75 Å². The molecule has 6 nitrogen and oxygen atoms in total. The maximum Gasteiger partial charge on any atom is 0.128 e. The average molecular weight is 450 g/mol. The molecule has 1 aromatic carbocycles. The predicted molar refractivity (Wildman–Crippen MR) is 129 cm³/mol. The smallest absolute Gasteiger partial charge is 0.128 e. The van der Waals surface area contributed by atoms with Crippen LogP contribution in [0.3, 0.4) is 0 Å². The normalized spacial score (nSPS) is 25.5. The summed E-state index contributed by atoms with van der Waals surface area (Å²) in [5.74, 6) is 0.0353. The van der Waals surface area contributed by atoms with Crippen molar-refractivity contribution in [1.29, 1.82) is 0 Å². The van der Waals surface area contributed by atoms with E-state index in [-0.39, 0.29) is 13.0 Å². The third kappa shape index (κ3) is 8.74. The number of nitrogens with one attached hydrogen (secondary N) is 1. The molecule has 0 amide bonds. The number of allylic oxidation sites excluding steroid dienone is 1. The molecule has 182 valence electrons. The highest BCUT2D eigenvalue weighted by Gasteiger charge is 2.43. The number of unbranched alkanes of at least 4 members (excludes halogenated alkanes) is 8. The molecule has 0 bridgehead atoms. The van der Waals surface area contributed by atoms with Crippen molar-refractivity contribution in [2.45, 2.75) is 102 Å². The second-order valence-electron chi connectivity index (χ2n) is 9.14. The quantitative estimate of drug-likeness (QED) is 0.255. The van der Waals surface area contributed by atoms with Crippen molar-refractivity contribution in [3.63, 3.8) is 0 Å². The van der Waals surface area contributed by atoms with Gasteiger partial charge in [-0.1, -0.05) is 64.9 Å². The zero-order chi connectivity index (χ0) is 23.3. The summed E-state index contributed by atoms with van der Waals surface area (Å²) in [4.78, 5) is 0. The molecule has 0 aromatic heterocycles. The first-order valence-electron chi connectivity index (χ1n) is 12.3. The first-order chi connectivity index (χ1) is 15.5. The molecule has 5 atom stereocenters. The van der Waals surface area contributed by atoms with E-state index in [1.165, 1.54) is 51.4 Å². The van der Waals surface area contributed by atoms with Crippen molar-refractivity contribution in [1.82, 2.24) is 0 Å². The Hall–Kier alpha value is -1.60. The maximum atomic E-state index is 10.2. The molecule has 6 heteroatoms. The first kappa shape index (κ1) is 26.7. The molecular weight excluding hydrogens is 406 g/mol. The summed E-state index contributed by atoms with van der Waals surface area (Å²) < 4.78 is 5.83. The molecule has 2 unspecified atom stereocenters. The second kappa shape index (κ2) is 14.5. The fourth-order valence-corrected chi connectivity index (χ4v) is 4.29. The van der Waals surface area contributed by atoms with Gasteiger partial charge in [-0.2, -0.15) is 0 Å². The third-order valence-electron chi connectivity index (χ3n) is 6.38. The number of hydrogen-bond donors (Lipinski definition) is 5. The summed E-state index contributed by atoms with van der Waals surface area (Å²) in [6.45, 7) is 6.11. The fourth-order valence-electron chi connectivity index (χ4n) is 4.29. The largest absolute Gasteiger partial charge is 0.488 e. The minimum Gasteiger partial charge on any atom is -0.488 e. The monoisotopic (exact) mass is 449 g/mol. The summed E-state index contributed by atoms with van der Waals surface area (Å²) in [7, 11) is 0. The minimum absolute atomic E-state index is 0.269. The highest BCUT2D eigenvalue weighted by Crippen LogP contribution is 2.29. The lowest BCUT2D eigenvalue weighted by atomic mass is 9.81. The van der Waals surface area contributed by atoms with E-state index < -0.39 is 30.3 Å². The van der Waals surface area contributed by atoms with E-state index in [1.54, 1.807) is 12.1 Å². The SMILES string of the molecule is C=C(CCCCCCCCCCC)Nc1ccc(O[C@@H]2CC(CO)[C@@H](O)[C@H](O)C2O)cc1. The number of aliphatic hydroxyl groups excluding tert-OH is 4. The van der Waals surface area contributed by atoms with Gasteiger partial charge in [0.15, 0.2) is 0 Å². The Labute approximate surface area is 193 Å². The summed E-state index contributed by atoms with van der Waals surface area (Å²) in [5.41, 5.74) is 1.92. The van der Waals surface area contributed by atoms with Gasteiger partial charge in [-0.15, -0.1) is 0 Å². The van der Waals surface area contributed by atoms with Gasteiger partial charge >= 0.3 is 0 Å². The highest BCUT2D eigenvalue weighted by atomic mass is 16.5. The molecule has 1 aromatic rings. The van der Waals surface area contributed by atoms with Gasteiger partial charge in [0.2, 0.25) is 0 Å². The van der Waals surface area contributed by atoms with Crippen LogP contribution in [0.15, 0.2) is 36.5 Å². The van der Waals surface area contributed by atoms with E-state index in [0.29, 0.717) is 5.75 Å². The van der Waals surface area contributed by atoms with Crippen molar-refractivity contribution in [3.05, 3.63) is 36.5 Å². The van der Waals surface area contributed by atoms with Gasteiger partial charge < -0.3 is 30.5 Å². The van der Waals surface area contributed by atoms with Crippen LogP contribution in [0.4, 0.5) is 5.69 Å². The van der Waals surface area contributed by atoms with Gasteiger partial charge in [-0.05, 0) is 43.5 Å². The number of benzene rings is 1. The van der Waals surface area contributed by atoms with Crippen molar-refractivity contribution in [2.75, 3.05) is 11.9 Å².